The van der Waals surface area contributed by atoms with Gasteiger partial charge >= 0.3 is 5.97 Å². The summed E-state index contributed by atoms with van der Waals surface area (Å²) < 4.78 is 0. The van der Waals surface area contributed by atoms with Crippen molar-refractivity contribution in [3.63, 3.8) is 0 Å². The molecular formula is C15H18N2O2S2. The summed E-state index contributed by atoms with van der Waals surface area (Å²) in [6.07, 6.45) is 3.50. The van der Waals surface area contributed by atoms with Gasteiger partial charge in [-0.15, -0.1) is 11.3 Å². The first-order valence-corrected chi connectivity index (χ1v) is 8.97. The van der Waals surface area contributed by atoms with Gasteiger partial charge in [0.1, 0.15) is 5.01 Å². The van der Waals surface area contributed by atoms with Crippen LogP contribution in [0.15, 0.2) is 22.2 Å². The van der Waals surface area contributed by atoms with Crippen molar-refractivity contribution in [2.45, 2.75) is 38.3 Å². The highest BCUT2D eigenvalue weighted by molar-refractivity contribution is 7.14. The lowest BCUT2D eigenvalue weighted by Crippen LogP contribution is -2.40. The van der Waals surface area contributed by atoms with Gasteiger partial charge < -0.3 is 5.11 Å². The maximum Gasteiger partial charge on any atom is 0.304 e. The Labute approximate surface area is 132 Å². The molecule has 0 bridgehead atoms. The summed E-state index contributed by atoms with van der Waals surface area (Å²) in [5, 5.41) is 16.4. The average Bonchev–Trinajstić information content (AvgIpc) is 3.11. The van der Waals surface area contributed by atoms with Gasteiger partial charge in [0.05, 0.1) is 12.1 Å². The van der Waals surface area contributed by atoms with Crippen molar-refractivity contribution in [1.29, 1.82) is 0 Å². The number of piperidine rings is 1. The van der Waals surface area contributed by atoms with Crippen molar-refractivity contribution in [2.75, 3.05) is 6.54 Å². The van der Waals surface area contributed by atoms with E-state index in [2.05, 4.69) is 27.1 Å². The molecular weight excluding hydrogens is 304 g/mol. The molecule has 3 heterocycles. The van der Waals surface area contributed by atoms with Gasteiger partial charge in [-0.25, -0.2) is 4.98 Å². The summed E-state index contributed by atoms with van der Waals surface area (Å²) in [6, 6.07) is 2.24. The molecule has 0 spiro atoms. The number of likely N-dealkylation sites (tertiary alicyclic amines) is 1. The predicted molar refractivity (Wildman–Crippen MR) is 85.7 cm³/mol. The van der Waals surface area contributed by atoms with Crippen LogP contribution < -0.4 is 0 Å². The van der Waals surface area contributed by atoms with Gasteiger partial charge in [0, 0.05) is 28.9 Å². The molecule has 2 aromatic rings. The minimum absolute atomic E-state index is 0.155. The fourth-order valence-electron chi connectivity index (χ4n) is 2.81. The Hall–Kier alpha value is -1.24. The molecule has 0 amide bonds. The summed E-state index contributed by atoms with van der Waals surface area (Å²) in [7, 11) is 0. The van der Waals surface area contributed by atoms with Crippen LogP contribution in [0.3, 0.4) is 0 Å². The van der Waals surface area contributed by atoms with Crippen molar-refractivity contribution >= 4 is 28.6 Å². The minimum atomic E-state index is -0.705. The van der Waals surface area contributed by atoms with Gasteiger partial charge in [-0.1, -0.05) is 6.42 Å². The van der Waals surface area contributed by atoms with E-state index in [1.807, 2.05) is 0 Å². The van der Waals surface area contributed by atoms with Crippen LogP contribution in [0.1, 0.15) is 31.4 Å². The van der Waals surface area contributed by atoms with Crippen LogP contribution in [-0.4, -0.2) is 33.5 Å². The van der Waals surface area contributed by atoms with Gasteiger partial charge in [-0.05, 0) is 30.8 Å². The van der Waals surface area contributed by atoms with E-state index >= 15 is 0 Å². The molecule has 21 heavy (non-hydrogen) atoms. The van der Waals surface area contributed by atoms with Crippen LogP contribution in [-0.2, 0) is 11.3 Å². The average molecular weight is 322 g/mol. The summed E-state index contributed by atoms with van der Waals surface area (Å²) in [5.74, 6) is -0.705. The number of aliphatic carboxylic acids is 1. The lowest BCUT2D eigenvalue weighted by molar-refractivity contribution is -0.138. The van der Waals surface area contributed by atoms with Gasteiger partial charge in [-0.3, -0.25) is 9.69 Å². The van der Waals surface area contributed by atoms with E-state index < -0.39 is 5.97 Å². The predicted octanol–water partition coefficient (Wildman–Crippen LogP) is 3.70. The zero-order valence-corrected chi connectivity index (χ0v) is 13.3. The molecule has 1 aliphatic heterocycles. The van der Waals surface area contributed by atoms with Crippen LogP contribution >= 0.6 is 22.7 Å². The molecule has 6 heteroatoms. The van der Waals surface area contributed by atoms with Crippen LogP contribution in [0.4, 0.5) is 0 Å². The van der Waals surface area contributed by atoms with E-state index in [4.69, 9.17) is 10.1 Å². The first-order valence-electron chi connectivity index (χ1n) is 7.15. The van der Waals surface area contributed by atoms with Crippen molar-refractivity contribution in [3.8, 4) is 10.6 Å². The summed E-state index contributed by atoms with van der Waals surface area (Å²) in [5.41, 5.74) is 2.23. The zero-order chi connectivity index (χ0) is 14.7. The molecule has 2 aromatic heterocycles. The Morgan fingerprint density at radius 1 is 1.43 bits per heavy atom. The molecule has 3 rings (SSSR count). The maximum absolute atomic E-state index is 11.0. The van der Waals surface area contributed by atoms with Crippen molar-refractivity contribution < 1.29 is 9.90 Å². The Kier molecular flexibility index (Phi) is 4.67. The molecule has 0 aromatic carbocycles. The van der Waals surface area contributed by atoms with E-state index in [0.29, 0.717) is 0 Å². The molecule has 1 unspecified atom stereocenters. The largest absolute Gasteiger partial charge is 0.481 e. The monoisotopic (exact) mass is 322 g/mol. The van der Waals surface area contributed by atoms with E-state index in [1.165, 1.54) is 5.56 Å². The number of nitrogens with zero attached hydrogens (tertiary/aromatic N) is 2. The molecule has 1 N–H and O–H groups in total. The molecule has 0 saturated carbocycles. The number of carboxylic acid groups (broad SMARTS) is 1. The Bertz CT molecular complexity index is 595. The number of rotatable bonds is 5. The molecule has 1 fully saturated rings. The van der Waals surface area contributed by atoms with Crippen LogP contribution in [0.25, 0.3) is 10.6 Å². The fourth-order valence-corrected chi connectivity index (χ4v) is 4.33. The van der Waals surface area contributed by atoms with Crippen LogP contribution in [0, 0.1) is 0 Å². The van der Waals surface area contributed by atoms with E-state index in [1.54, 1.807) is 22.7 Å². The summed E-state index contributed by atoms with van der Waals surface area (Å²) in [4.78, 5) is 18.0. The molecule has 1 atom stereocenters. The second-order valence-electron chi connectivity index (χ2n) is 5.37. The fraction of sp³-hybridized carbons (Fsp3) is 0.467. The highest BCUT2D eigenvalue weighted by Crippen LogP contribution is 2.27. The van der Waals surface area contributed by atoms with Gasteiger partial charge in [0.15, 0.2) is 0 Å². The van der Waals surface area contributed by atoms with Crippen molar-refractivity contribution in [2.24, 2.45) is 0 Å². The number of thiophene rings is 1. The number of carbonyl (C=O) groups is 1. The highest BCUT2D eigenvalue weighted by atomic mass is 32.1. The molecule has 1 aliphatic rings. The summed E-state index contributed by atoms with van der Waals surface area (Å²) >= 11 is 3.34. The number of aromatic nitrogens is 1. The van der Waals surface area contributed by atoms with E-state index in [0.717, 1.165) is 43.1 Å². The Balaban J connectivity index is 1.68. The molecule has 0 aliphatic carbocycles. The van der Waals surface area contributed by atoms with Gasteiger partial charge in [0.2, 0.25) is 0 Å². The van der Waals surface area contributed by atoms with Crippen molar-refractivity contribution in [3.05, 3.63) is 27.9 Å². The highest BCUT2D eigenvalue weighted by Gasteiger charge is 2.25. The first-order chi connectivity index (χ1) is 10.2. The third kappa shape index (κ3) is 3.70. The lowest BCUT2D eigenvalue weighted by Gasteiger charge is -2.34. The maximum atomic E-state index is 11.0. The smallest absolute Gasteiger partial charge is 0.304 e. The first kappa shape index (κ1) is 14.7. The normalized spacial score (nSPS) is 19.7. The Morgan fingerprint density at radius 3 is 3.10 bits per heavy atom. The molecule has 1 saturated heterocycles. The standard InChI is InChI=1S/C15H18N2O2S2/c18-14(19)7-13-3-1-2-5-17(13)8-12-10-21-15(16-12)11-4-6-20-9-11/h4,6,9-10,13H,1-3,5,7-8H2,(H,18,19). The third-order valence-corrected chi connectivity index (χ3v) is 5.47. The number of hydrogen-bond acceptors (Lipinski definition) is 5. The quantitative estimate of drug-likeness (QED) is 0.912. The lowest BCUT2D eigenvalue weighted by atomic mass is 9.99. The SMILES string of the molecule is O=C(O)CC1CCCCN1Cc1csc(-c2ccsc2)n1. The molecule has 4 nitrogen and oxygen atoms in total. The number of carboxylic acids is 1. The van der Waals surface area contributed by atoms with E-state index in [-0.39, 0.29) is 12.5 Å². The minimum Gasteiger partial charge on any atom is -0.481 e. The topological polar surface area (TPSA) is 53.4 Å². The zero-order valence-electron chi connectivity index (χ0n) is 11.7. The van der Waals surface area contributed by atoms with Gasteiger partial charge in [-0.2, -0.15) is 11.3 Å². The second-order valence-corrected chi connectivity index (χ2v) is 7.01. The van der Waals surface area contributed by atoms with Crippen molar-refractivity contribution in [1.82, 2.24) is 9.88 Å². The van der Waals surface area contributed by atoms with Gasteiger partial charge in [0.25, 0.3) is 0 Å². The second kappa shape index (κ2) is 6.68. The van der Waals surface area contributed by atoms with Crippen LogP contribution in [0.2, 0.25) is 0 Å². The molecule has 0 radical (unpaired) electrons. The number of hydrogen-bond donors (Lipinski definition) is 1. The molecule has 112 valence electrons. The van der Waals surface area contributed by atoms with E-state index in [9.17, 15) is 4.79 Å². The summed E-state index contributed by atoms with van der Waals surface area (Å²) in [6.45, 7) is 1.74. The third-order valence-electron chi connectivity index (χ3n) is 3.84. The van der Waals surface area contributed by atoms with Crippen LogP contribution in [0.5, 0.6) is 0 Å². The Morgan fingerprint density at radius 2 is 2.33 bits per heavy atom. The number of thiazole rings is 1.